The molecule has 1 aromatic rings. The lowest BCUT2D eigenvalue weighted by Crippen LogP contribution is -2.45. The molecular formula is C15H22N2O4. The number of carbonyl (C=O) groups excluding carboxylic acids is 1. The molecule has 0 unspecified atom stereocenters. The minimum absolute atomic E-state index is 0.0166. The average molecular weight is 294 g/mol. The molecule has 0 aliphatic rings. The summed E-state index contributed by atoms with van der Waals surface area (Å²) in [6, 6.07) is 8.92. The number of aliphatic carboxylic acids is 1. The summed E-state index contributed by atoms with van der Waals surface area (Å²) in [4.78, 5) is 26.3. The van der Waals surface area contributed by atoms with Crippen molar-refractivity contribution in [3.05, 3.63) is 30.3 Å². The zero-order chi connectivity index (χ0) is 15.7. The van der Waals surface area contributed by atoms with E-state index in [0.717, 1.165) is 5.69 Å². The molecule has 2 amide bonds. The van der Waals surface area contributed by atoms with Crippen LogP contribution in [-0.2, 0) is 4.79 Å². The lowest BCUT2D eigenvalue weighted by molar-refractivity contribution is -0.137. The van der Waals surface area contributed by atoms with Gasteiger partial charge in [-0.15, -0.1) is 0 Å². The Morgan fingerprint density at radius 3 is 2.33 bits per heavy atom. The number of aliphatic hydroxyl groups is 1. The fourth-order valence-corrected chi connectivity index (χ4v) is 2.01. The molecule has 0 spiro atoms. The van der Waals surface area contributed by atoms with E-state index in [9.17, 15) is 9.59 Å². The third kappa shape index (κ3) is 5.43. The van der Waals surface area contributed by atoms with Crippen LogP contribution in [0.1, 0.15) is 19.8 Å². The summed E-state index contributed by atoms with van der Waals surface area (Å²) < 4.78 is 0. The predicted molar refractivity (Wildman–Crippen MR) is 80.4 cm³/mol. The first-order valence-corrected chi connectivity index (χ1v) is 7.04. The van der Waals surface area contributed by atoms with Crippen LogP contribution in [0, 0.1) is 0 Å². The third-order valence-corrected chi connectivity index (χ3v) is 3.09. The summed E-state index contributed by atoms with van der Waals surface area (Å²) in [6.07, 6.45) is 0.398. The topological polar surface area (TPSA) is 81.1 Å². The molecule has 21 heavy (non-hydrogen) atoms. The molecule has 0 aliphatic heterocycles. The molecule has 0 saturated carbocycles. The summed E-state index contributed by atoms with van der Waals surface area (Å²) in [6.45, 7) is 2.82. The number of aliphatic hydroxyl groups excluding tert-OH is 1. The van der Waals surface area contributed by atoms with Crippen LogP contribution in [0.3, 0.4) is 0 Å². The maximum atomic E-state index is 12.5. The second-order valence-corrected chi connectivity index (χ2v) is 4.57. The van der Waals surface area contributed by atoms with Gasteiger partial charge < -0.3 is 15.1 Å². The number of benzene rings is 1. The number of hydrogen-bond acceptors (Lipinski definition) is 3. The highest BCUT2D eigenvalue weighted by Crippen LogP contribution is 2.16. The van der Waals surface area contributed by atoms with E-state index in [1.54, 1.807) is 4.90 Å². The van der Waals surface area contributed by atoms with Gasteiger partial charge in [0.15, 0.2) is 0 Å². The molecule has 1 aromatic carbocycles. The van der Waals surface area contributed by atoms with Crippen LogP contribution < -0.4 is 4.90 Å². The predicted octanol–water partition coefficient (Wildman–Crippen LogP) is 1.79. The van der Waals surface area contributed by atoms with Gasteiger partial charge in [-0.1, -0.05) is 18.2 Å². The quantitative estimate of drug-likeness (QED) is 0.766. The van der Waals surface area contributed by atoms with Crippen molar-refractivity contribution in [2.24, 2.45) is 0 Å². The normalized spacial score (nSPS) is 10.2. The molecule has 0 aromatic heterocycles. The molecule has 2 N–H and O–H groups in total. The lowest BCUT2D eigenvalue weighted by atomic mass is 10.2. The number of anilines is 1. The number of rotatable bonds is 8. The van der Waals surface area contributed by atoms with Crippen molar-refractivity contribution < 1.29 is 19.8 Å². The van der Waals surface area contributed by atoms with Crippen LogP contribution in [0.25, 0.3) is 0 Å². The fourth-order valence-electron chi connectivity index (χ4n) is 2.01. The molecule has 0 heterocycles. The van der Waals surface area contributed by atoms with Crippen LogP contribution in [0.4, 0.5) is 10.5 Å². The molecule has 0 saturated heterocycles. The number of urea groups is 1. The third-order valence-electron chi connectivity index (χ3n) is 3.09. The van der Waals surface area contributed by atoms with Crippen LogP contribution in [0.15, 0.2) is 30.3 Å². The number of carbonyl (C=O) groups is 2. The summed E-state index contributed by atoms with van der Waals surface area (Å²) in [5.41, 5.74) is 0.726. The van der Waals surface area contributed by atoms with E-state index in [4.69, 9.17) is 10.2 Å². The van der Waals surface area contributed by atoms with Crippen molar-refractivity contribution in [2.45, 2.75) is 19.8 Å². The zero-order valence-corrected chi connectivity index (χ0v) is 12.2. The van der Waals surface area contributed by atoms with Gasteiger partial charge in [0.25, 0.3) is 0 Å². The van der Waals surface area contributed by atoms with E-state index in [0.29, 0.717) is 19.5 Å². The molecule has 6 nitrogen and oxygen atoms in total. The minimum atomic E-state index is -0.877. The smallest absolute Gasteiger partial charge is 0.324 e. The van der Waals surface area contributed by atoms with Gasteiger partial charge >= 0.3 is 12.0 Å². The summed E-state index contributed by atoms with van der Waals surface area (Å²) in [7, 11) is 0. The Morgan fingerprint density at radius 1 is 1.14 bits per heavy atom. The molecular weight excluding hydrogens is 272 g/mol. The molecule has 0 atom stereocenters. The minimum Gasteiger partial charge on any atom is -0.481 e. The van der Waals surface area contributed by atoms with Crippen LogP contribution in [0.2, 0.25) is 0 Å². The Balaban J connectivity index is 2.85. The summed E-state index contributed by atoms with van der Waals surface area (Å²) in [5, 5.41) is 17.8. The Labute approximate surface area is 124 Å². The molecule has 116 valence electrons. The molecule has 0 bridgehead atoms. The zero-order valence-electron chi connectivity index (χ0n) is 12.2. The highest BCUT2D eigenvalue weighted by molar-refractivity contribution is 5.92. The molecule has 1 rings (SSSR count). The van der Waals surface area contributed by atoms with Gasteiger partial charge in [-0.3, -0.25) is 9.69 Å². The number of likely N-dealkylation sites (N-methyl/N-ethyl adjacent to an activating group) is 1. The van der Waals surface area contributed by atoms with Gasteiger partial charge in [0.05, 0.1) is 6.61 Å². The van der Waals surface area contributed by atoms with Gasteiger partial charge in [0.1, 0.15) is 0 Å². The van der Waals surface area contributed by atoms with Gasteiger partial charge in [0, 0.05) is 31.7 Å². The second-order valence-electron chi connectivity index (χ2n) is 4.57. The van der Waals surface area contributed by atoms with E-state index < -0.39 is 5.97 Å². The Hall–Kier alpha value is -2.08. The number of nitrogens with zero attached hydrogens (tertiary/aromatic N) is 2. The molecule has 0 fully saturated rings. The standard InChI is InChI=1S/C15H22N2O4/c1-2-16(11-12-18)15(21)17(10-6-9-14(19)20)13-7-4-3-5-8-13/h3-5,7-8,18H,2,6,9-12H2,1H3,(H,19,20). The van der Waals surface area contributed by atoms with Crippen LogP contribution in [-0.4, -0.2) is 53.4 Å². The van der Waals surface area contributed by atoms with E-state index >= 15 is 0 Å². The van der Waals surface area contributed by atoms with E-state index in [1.165, 1.54) is 4.90 Å². The van der Waals surface area contributed by atoms with Crippen LogP contribution >= 0.6 is 0 Å². The second kappa shape index (κ2) is 8.97. The van der Waals surface area contributed by atoms with E-state index in [2.05, 4.69) is 0 Å². The number of carboxylic acids is 1. The van der Waals surface area contributed by atoms with Gasteiger partial charge in [0.2, 0.25) is 0 Å². The highest BCUT2D eigenvalue weighted by Gasteiger charge is 2.20. The first-order chi connectivity index (χ1) is 10.1. The molecule has 6 heteroatoms. The maximum absolute atomic E-state index is 12.5. The number of para-hydroxylation sites is 1. The maximum Gasteiger partial charge on any atom is 0.324 e. The van der Waals surface area contributed by atoms with Crippen LogP contribution in [0.5, 0.6) is 0 Å². The fraction of sp³-hybridized carbons (Fsp3) is 0.467. The average Bonchev–Trinajstić information content (AvgIpc) is 2.49. The first kappa shape index (κ1) is 17.0. The largest absolute Gasteiger partial charge is 0.481 e. The Morgan fingerprint density at radius 2 is 1.81 bits per heavy atom. The van der Waals surface area contributed by atoms with Crippen molar-refractivity contribution in [3.8, 4) is 0 Å². The lowest BCUT2D eigenvalue weighted by Gasteiger charge is -2.29. The van der Waals surface area contributed by atoms with Gasteiger partial charge in [-0.25, -0.2) is 4.79 Å². The van der Waals surface area contributed by atoms with Gasteiger partial charge in [-0.2, -0.15) is 0 Å². The summed E-state index contributed by atoms with van der Waals surface area (Å²) in [5.74, 6) is -0.877. The van der Waals surface area contributed by atoms with E-state index in [-0.39, 0.29) is 25.6 Å². The van der Waals surface area contributed by atoms with Crippen molar-refractivity contribution >= 4 is 17.7 Å². The monoisotopic (exact) mass is 294 g/mol. The Kier molecular flexibility index (Phi) is 7.25. The van der Waals surface area contributed by atoms with Crippen molar-refractivity contribution in [3.63, 3.8) is 0 Å². The number of carboxylic acid groups (broad SMARTS) is 1. The SMILES string of the molecule is CCN(CCO)C(=O)N(CCCC(=O)O)c1ccccc1. The highest BCUT2D eigenvalue weighted by atomic mass is 16.4. The summed E-state index contributed by atoms with van der Waals surface area (Å²) >= 11 is 0. The number of amides is 2. The van der Waals surface area contributed by atoms with Gasteiger partial charge in [-0.05, 0) is 25.5 Å². The molecule has 0 aliphatic carbocycles. The van der Waals surface area contributed by atoms with Crippen molar-refractivity contribution in [1.82, 2.24) is 4.90 Å². The van der Waals surface area contributed by atoms with Crippen molar-refractivity contribution in [2.75, 3.05) is 31.1 Å². The van der Waals surface area contributed by atoms with Crippen molar-refractivity contribution in [1.29, 1.82) is 0 Å². The molecule has 0 radical (unpaired) electrons. The number of hydrogen-bond donors (Lipinski definition) is 2. The van der Waals surface area contributed by atoms with E-state index in [1.807, 2.05) is 37.3 Å². The Bertz CT molecular complexity index is 450. The first-order valence-electron chi connectivity index (χ1n) is 7.04.